The molecule has 20 heavy (non-hydrogen) atoms. The topological polar surface area (TPSA) is 54.4 Å². The molecule has 0 aliphatic heterocycles. The van der Waals surface area contributed by atoms with E-state index in [1.165, 1.54) is 6.07 Å². The van der Waals surface area contributed by atoms with Crippen molar-refractivity contribution in [3.05, 3.63) is 63.6 Å². The van der Waals surface area contributed by atoms with Crippen LogP contribution in [0.4, 0.5) is 0 Å². The first-order valence-corrected chi connectivity index (χ1v) is 8.05. The molecule has 104 valence electrons. The third kappa shape index (κ3) is 3.55. The highest BCUT2D eigenvalue weighted by Crippen LogP contribution is 2.18. The fraction of sp³-hybridized carbons (Fsp3) is 0.133. The zero-order valence-corrected chi connectivity index (χ0v) is 13.2. The molecule has 0 bridgehead atoms. The smallest absolute Gasteiger partial charge is 0.335 e. The average Bonchev–Trinajstić information content (AvgIpc) is 2.41. The van der Waals surface area contributed by atoms with E-state index < -0.39 is 16.8 Å². The van der Waals surface area contributed by atoms with Gasteiger partial charge in [-0.1, -0.05) is 34.1 Å². The van der Waals surface area contributed by atoms with Gasteiger partial charge in [0.15, 0.2) is 0 Å². The standard InChI is InChI=1S/C15H13BrO3S/c1-10-2-7-13(8-14(10)15(17)18)20(19)9-11-3-5-12(16)6-4-11/h2-8H,9H2,1H3,(H,17,18). The van der Waals surface area contributed by atoms with E-state index in [1.807, 2.05) is 24.3 Å². The van der Waals surface area contributed by atoms with E-state index in [-0.39, 0.29) is 5.56 Å². The van der Waals surface area contributed by atoms with E-state index in [4.69, 9.17) is 5.11 Å². The number of carboxylic acid groups (broad SMARTS) is 1. The molecule has 0 fully saturated rings. The minimum atomic E-state index is -1.25. The number of carbonyl (C=O) groups is 1. The van der Waals surface area contributed by atoms with Crippen LogP contribution in [-0.2, 0) is 16.6 Å². The summed E-state index contributed by atoms with van der Waals surface area (Å²) >= 11 is 3.35. The Bertz CT molecular complexity index is 665. The monoisotopic (exact) mass is 352 g/mol. The molecule has 0 aromatic heterocycles. The van der Waals surface area contributed by atoms with Gasteiger partial charge in [-0.05, 0) is 42.3 Å². The highest BCUT2D eigenvalue weighted by molar-refractivity contribution is 9.10. The molecule has 2 rings (SSSR count). The van der Waals surface area contributed by atoms with Gasteiger partial charge in [0, 0.05) is 9.37 Å². The molecule has 2 aromatic carbocycles. The van der Waals surface area contributed by atoms with Crippen molar-refractivity contribution in [2.75, 3.05) is 0 Å². The number of hydrogen-bond donors (Lipinski definition) is 1. The molecule has 0 heterocycles. The quantitative estimate of drug-likeness (QED) is 0.911. The van der Waals surface area contributed by atoms with Crippen molar-refractivity contribution in [3.63, 3.8) is 0 Å². The Hall–Kier alpha value is -1.46. The van der Waals surface area contributed by atoms with E-state index >= 15 is 0 Å². The van der Waals surface area contributed by atoms with Crippen LogP contribution in [-0.4, -0.2) is 15.3 Å². The number of hydrogen-bond acceptors (Lipinski definition) is 2. The first kappa shape index (κ1) is 14.9. The second-order valence-electron chi connectivity index (χ2n) is 4.40. The predicted molar refractivity (Wildman–Crippen MR) is 82.4 cm³/mol. The highest BCUT2D eigenvalue weighted by atomic mass is 79.9. The summed E-state index contributed by atoms with van der Waals surface area (Å²) in [4.78, 5) is 11.6. The summed E-state index contributed by atoms with van der Waals surface area (Å²) in [6, 6.07) is 12.5. The minimum Gasteiger partial charge on any atom is -0.478 e. The molecule has 1 N–H and O–H groups in total. The Morgan fingerprint density at radius 2 is 1.85 bits per heavy atom. The molecule has 0 spiro atoms. The lowest BCUT2D eigenvalue weighted by molar-refractivity contribution is 0.0696. The van der Waals surface area contributed by atoms with Crippen LogP contribution in [0.25, 0.3) is 0 Å². The van der Waals surface area contributed by atoms with Gasteiger partial charge < -0.3 is 5.11 Å². The lowest BCUT2D eigenvalue weighted by Crippen LogP contribution is -2.03. The summed E-state index contributed by atoms with van der Waals surface area (Å²) in [5, 5.41) is 9.09. The first-order chi connectivity index (χ1) is 9.47. The van der Waals surface area contributed by atoms with E-state index in [9.17, 15) is 9.00 Å². The van der Waals surface area contributed by atoms with Crippen molar-refractivity contribution in [2.45, 2.75) is 17.6 Å². The number of halogens is 1. The maximum absolute atomic E-state index is 12.3. The molecule has 0 aliphatic rings. The molecule has 0 aliphatic carbocycles. The second kappa shape index (κ2) is 6.33. The molecule has 1 unspecified atom stereocenters. The number of carboxylic acids is 1. The van der Waals surface area contributed by atoms with Gasteiger partial charge in [-0.15, -0.1) is 0 Å². The molecule has 3 nitrogen and oxygen atoms in total. The third-order valence-electron chi connectivity index (χ3n) is 2.91. The van der Waals surface area contributed by atoms with Gasteiger partial charge in [-0.3, -0.25) is 4.21 Å². The summed E-state index contributed by atoms with van der Waals surface area (Å²) < 4.78 is 13.3. The maximum Gasteiger partial charge on any atom is 0.335 e. The van der Waals surface area contributed by atoms with Gasteiger partial charge in [0.2, 0.25) is 0 Å². The Balaban J connectivity index is 2.23. The molecule has 1 atom stereocenters. The lowest BCUT2D eigenvalue weighted by atomic mass is 10.1. The summed E-state index contributed by atoms with van der Waals surface area (Å²) in [7, 11) is -1.25. The molecule has 0 saturated carbocycles. The van der Waals surface area contributed by atoms with Crippen LogP contribution >= 0.6 is 15.9 Å². The van der Waals surface area contributed by atoms with Crippen LogP contribution in [0.2, 0.25) is 0 Å². The van der Waals surface area contributed by atoms with Crippen LogP contribution in [0.1, 0.15) is 21.5 Å². The minimum absolute atomic E-state index is 0.201. The summed E-state index contributed by atoms with van der Waals surface area (Å²) in [6.45, 7) is 1.73. The molecule has 0 radical (unpaired) electrons. The maximum atomic E-state index is 12.3. The van der Waals surface area contributed by atoms with Gasteiger partial charge in [0.1, 0.15) is 0 Å². The van der Waals surface area contributed by atoms with Crippen molar-refractivity contribution in [3.8, 4) is 0 Å². The van der Waals surface area contributed by atoms with Gasteiger partial charge in [0.25, 0.3) is 0 Å². The van der Waals surface area contributed by atoms with E-state index in [0.717, 1.165) is 10.0 Å². The molecule has 0 saturated heterocycles. The Labute approximate surface area is 128 Å². The fourth-order valence-electron chi connectivity index (χ4n) is 1.79. The van der Waals surface area contributed by atoms with Crippen LogP contribution in [0.5, 0.6) is 0 Å². The van der Waals surface area contributed by atoms with Crippen molar-refractivity contribution in [2.24, 2.45) is 0 Å². The predicted octanol–water partition coefficient (Wildman–Crippen LogP) is 3.76. The molecular formula is C15H13BrO3S. The molecule has 5 heteroatoms. The van der Waals surface area contributed by atoms with Crippen LogP contribution in [0, 0.1) is 6.92 Å². The van der Waals surface area contributed by atoms with E-state index in [0.29, 0.717) is 16.2 Å². The van der Waals surface area contributed by atoms with Crippen molar-refractivity contribution >= 4 is 32.7 Å². The Morgan fingerprint density at radius 3 is 2.45 bits per heavy atom. The summed E-state index contributed by atoms with van der Waals surface area (Å²) in [6.07, 6.45) is 0. The Kier molecular flexibility index (Phi) is 4.73. The third-order valence-corrected chi connectivity index (χ3v) is 4.82. The fourth-order valence-corrected chi connectivity index (χ4v) is 3.18. The van der Waals surface area contributed by atoms with E-state index in [2.05, 4.69) is 15.9 Å². The molecule has 0 amide bonds. The molecular weight excluding hydrogens is 340 g/mol. The number of benzene rings is 2. The van der Waals surface area contributed by atoms with Gasteiger partial charge in [0.05, 0.1) is 22.1 Å². The zero-order valence-electron chi connectivity index (χ0n) is 10.8. The SMILES string of the molecule is Cc1ccc(S(=O)Cc2ccc(Br)cc2)cc1C(=O)O. The Morgan fingerprint density at radius 1 is 1.20 bits per heavy atom. The second-order valence-corrected chi connectivity index (χ2v) is 6.77. The molecule has 2 aromatic rings. The van der Waals surface area contributed by atoms with Crippen LogP contribution in [0.3, 0.4) is 0 Å². The van der Waals surface area contributed by atoms with Gasteiger partial charge in [-0.2, -0.15) is 0 Å². The highest BCUT2D eigenvalue weighted by Gasteiger charge is 2.11. The first-order valence-electron chi connectivity index (χ1n) is 5.94. The average molecular weight is 353 g/mol. The van der Waals surface area contributed by atoms with Crippen molar-refractivity contribution in [1.29, 1.82) is 0 Å². The summed E-state index contributed by atoms with van der Waals surface area (Å²) in [5.74, 6) is -0.625. The number of aryl methyl sites for hydroxylation is 1. The summed E-state index contributed by atoms with van der Waals surface area (Å²) in [5.41, 5.74) is 1.82. The number of aromatic carboxylic acids is 1. The number of rotatable bonds is 4. The van der Waals surface area contributed by atoms with Crippen LogP contribution < -0.4 is 0 Å². The van der Waals surface area contributed by atoms with Crippen molar-refractivity contribution in [1.82, 2.24) is 0 Å². The van der Waals surface area contributed by atoms with Gasteiger partial charge >= 0.3 is 5.97 Å². The van der Waals surface area contributed by atoms with Gasteiger partial charge in [-0.25, -0.2) is 4.79 Å². The van der Waals surface area contributed by atoms with Crippen molar-refractivity contribution < 1.29 is 14.1 Å². The van der Waals surface area contributed by atoms with E-state index in [1.54, 1.807) is 19.1 Å². The lowest BCUT2D eigenvalue weighted by Gasteiger charge is -2.06. The largest absolute Gasteiger partial charge is 0.478 e. The zero-order chi connectivity index (χ0) is 14.7. The normalized spacial score (nSPS) is 12.1. The van der Waals surface area contributed by atoms with Crippen LogP contribution in [0.15, 0.2) is 51.8 Å².